The molecule has 0 aliphatic carbocycles. The van der Waals surface area contributed by atoms with Gasteiger partial charge in [-0.15, -0.1) is 0 Å². The van der Waals surface area contributed by atoms with Gasteiger partial charge in [0.2, 0.25) is 0 Å². The Bertz CT molecular complexity index is 200. The minimum atomic E-state index is -1.78. The van der Waals surface area contributed by atoms with Gasteiger partial charge in [-0.3, -0.25) is 4.79 Å². The number of carbonyl (C=O) groups is 2. The van der Waals surface area contributed by atoms with E-state index in [9.17, 15) is 9.59 Å². The van der Waals surface area contributed by atoms with Crippen molar-refractivity contribution in [3.05, 3.63) is 0 Å². The highest BCUT2D eigenvalue weighted by Crippen LogP contribution is 2.14. The normalized spacial score (nSPS) is 42.1. The SMILES string of the molecule is O=C[C@H]1OC(=O)C(O)C(O)C1O. The predicted octanol–water partition coefficient (Wildman–Crippen LogP) is -2.81. The molecule has 0 bridgehead atoms. The number of aliphatic hydroxyl groups excluding tert-OH is 3. The Kier molecular flexibility index (Phi) is 2.41. The summed E-state index contributed by atoms with van der Waals surface area (Å²) in [6, 6.07) is 0. The largest absolute Gasteiger partial charge is 0.450 e. The summed E-state index contributed by atoms with van der Waals surface area (Å²) in [7, 11) is 0. The molecule has 6 heteroatoms. The number of esters is 1. The summed E-state index contributed by atoms with van der Waals surface area (Å²) in [4.78, 5) is 20.8. The van der Waals surface area contributed by atoms with E-state index in [2.05, 4.69) is 4.74 Å². The lowest BCUT2D eigenvalue weighted by Crippen LogP contribution is -2.56. The van der Waals surface area contributed by atoms with Crippen molar-refractivity contribution in [3.8, 4) is 0 Å². The third-order valence-corrected chi connectivity index (χ3v) is 1.64. The molecule has 0 spiro atoms. The Labute approximate surface area is 67.4 Å². The van der Waals surface area contributed by atoms with E-state index in [1.54, 1.807) is 0 Å². The van der Waals surface area contributed by atoms with Gasteiger partial charge in [-0.2, -0.15) is 0 Å². The van der Waals surface area contributed by atoms with Crippen LogP contribution in [-0.4, -0.2) is 52.0 Å². The lowest BCUT2D eigenvalue weighted by atomic mass is 10.0. The van der Waals surface area contributed by atoms with Gasteiger partial charge in [-0.1, -0.05) is 0 Å². The summed E-state index contributed by atoms with van der Waals surface area (Å²) in [5, 5.41) is 26.8. The second-order valence-electron chi connectivity index (χ2n) is 2.46. The molecule has 0 aromatic carbocycles. The van der Waals surface area contributed by atoms with E-state index >= 15 is 0 Å². The Morgan fingerprint density at radius 3 is 2.33 bits per heavy atom. The Balaban J connectivity index is 2.76. The van der Waals surface area contributed by atoms with E-state index in [-0.39, 0.29) is 6.29 Å². The molecule has 1 rings (SSSR count). The summed E-state index contributed by atoms with van der Waals surface area (Å²) < 4.78 is 4.26. The molecule has 0 aromatic rings. The number of aliphatic hydroxyl groups is 3. The number of rotatable bonds is 1. The molecule has 1 aliphatic heterocycles. The zero-order valence-corrected chi connectivity index (χ0v) is 5.95. The van der Waals surface area contributed by atoms with Crippen LogP contribution in [0.2, 0.25) is 0 Å². The van der Waals surface area contributed by atoms with Gasteiger partial charge in [0.1, 0.15) is 12.2 Å². The van der Waals surface area contributed by atoms with Crippen LogP contribution >= 0.6 is 0 Å². The van der Waals surface area contributed by atoms with E-state index in [0.29, 0.717) is 0 Å². The minimum absolute atomic E-state index is 0.192. The number of cyclic esters (lactones) is 1. The van der Waals surface area contributed by atoms with Gasteiger partial charge >= 0.3 is 5.97 Å². The molecule has 0 aromatic heterocycles. The lowest BCUT2D eigenvalue weighted by Gasteiger charge is -2.31. The molecule has 0 radical (unpaired) electrons. The monoisotopic (exact) mass is 176 g/mol. The van der Waals surface area contributed by atoms with Crippen molar-refractivity contribution in [2.45, 2.75) is 24.4 Å². The zero-order chi connectivity index (χ0) is 9.30. The average Bonchev–Trinajstić information content (AvgIpc) is 2.08. The summed E-state index contributed by atoms with van der Waals surface area (Å²) in [5.41, 5.74) is 0. The molecule has 1 aliphatic rings. The van der Waals surface area contributed by atoms with Crippen LogP contribution in [0, 0.1) is 0 Å². The topological polar surface area (TPSA) is 104 Å². The van der Waals surface area contributed by atoms with E-state index in [1.165, 1.54) is 0 Å². The molecule has 1 saturated heterocycles. The van der Waals surface area contributed by atoms with Gasteiger partial charge in [-0.05, 0) is 0 Å². The summed E-state index contributed by atoms with van der Waals surface area (Å²) in [6.07, 6.45) is -6.21. The molecule has 68 valence electrons. The minimum Gasteiger partial charge on any atom is -0.450 e. The Morgan fingerprint density at radius 2 is 1.83 bits per heavy atom. The van der Waals surface area contributed by atoms with E-state index in [0.717, 1.165) is 0 Å². The van der Waals surface area contributed by atoms with E-state index < -0.39 is 30.4 Å². The van der Waals surface area contributed by atoms with Crippen LogP contribution in [0.5, 0.6) is 0 Å². The average molecular weight is 176 g/mol. The summed E-state index contributed by atoms with van der Waals surface area (Å²) >= 11 is 0. The number of aldehydes is 1. The smallest absolute Gasteiger partial charge is 0.338 e. The molecule has 3 N–H and O–H groups in total. The first-order valence-corrected chi connectivity index (χ1v) is 3.28. The van der Waals surface area contributed by atoms with Crippen molar-refractivity contribution < 1.29 is 29.6 Å². The number of carbonyl (C=O) groups excluding carboxylic acids is 2. The van der Waals surface area contributed by atoms with Crippen molar-refractivity contribution >= 4 is 12.3 Å². The van der Waals surface area contributed by atoms with Crippen LogP contribution in [0.4, 0.5) is 0 Å². The highest BCUT2D eigenvalue weighted by atomic mass is 16.6. The maximum Gasteiger partial charge on any atom is 0.338 e. The van der Waals surface area contributed by atoms with Crippen LogP contribution < -0.4 is 0 Å². The van der Waals surface area contributed by atoms with Crippen LogP contribution in [0.15, 0.2) is 0 Å². The quantitative estimate of drug-likeness (QED) is 0.294. The highest BCUT2D eigenvalue weighted by Gasteiger charge is 2.43. The molecule has 4 atom stereocenters. The van der Waals surface area contributed by atoms with Gasteiger partial charge in [0.15, 0.2) is 18.5 Å². The van der Waals surface area contributed by atoms with E-state index in [4.69, 9.17) is 15.3 Å². The molecule has 1 fully saturated rings. The van der Waals surface area contributed by atoms with Crippen molar-refractivity contribution in [3.63, 3.8) is 0 Å². The summed E-state index contributed by atoms with van der Waals surface area (Å²) in [6.45, 7) is 0. The van der Waals surface area contributed by atoms with Crippen molar-refractivity contribution in [1.82, 2.24) is 0 Å². The molecular formula is C6H8O6. The van der Waals surface area contributed by atoms with Crippen LogP contribution in [0.25, 0.3) is 0 Å². The van der Waals surface area contributed by atoms with Crippen LogP contribution in [0.3, 0.4) is 0 Å². The first-order valence-electron chi connectivity index (χ1n) is 3.28. The number of hydrogen-bond acceptors (Lipinski definition) is 6. The standard InChI is InChI=1S/C6H8O6/c7-1-2-3(8)4(9)5(10)6(11)12-2/h1-5,8-10H/t2-,3?,4?,5?/m1/s1. The Hall–Kier alpha value is -0.980. The predicted molar refractivity (Wildman–Crippen MR) is 34.0 cm³/mol. The fourth-order valence-corrected chi connectivity index (χ4v) is 0.902. The summed E-state index contributed by atoms with van der Waals surface area (Å²) in [5.74, 6) is -1.11. The number of ether oxygens (including phenoxy) is 1. The third kappa shape index (κ3) is 1.31. The van der Waals surface area contributed by atoms with Gasteiger partial charge in [-0.25, -0.2) is 4.79 Å². The number of hydrogen-bond donors (Lipinski definition) is 3. The molecule has 3 unspecified atom stereocenters. The zero-order valence-electron chi connectivity index (χ0n) is 5.95. The Morgan fingerprint density at radius 1 is 1.25 bits per heavy atom. The van der Waals surface area contributed by atoms with Gasteiger partial charge in [0, 0.05) is 0 Å². The van der Waals surface area contributed by atoms with Gasteiger partial charge in [0.25, 0.3) is 0 Å². The molecule has 6 nitrogen and oxygen atoms in total. The first-order chi connectivity index (χ1) is 5.57. The fourth-order valence-electron chi connectivity index (χ4n) is 0.902. The van der Waals surface area contributed by atoms with Crippen molar-refractivity contribution in [1.29, 1.82) is 0 Å². The molecule has 12 heavy (non-hydrogen) atoms. The maximum atomic E-state index is 10.6. The third-order valence-electron chi connectivity index (χ3n) is 1.64. The second kappa shape index (κ2) is 3.18. The van der Waals surface area contributed by atoms with Crippen molar-refractivity contribution in [2.24, 2.45) is 0 Å². The van der Waals surface area contributed by atoms with Gasteiger partial charge in [0.05, 0.1) is 0 Å². The van der Waals surface area contributed by atoms with Crippen LogP contribution in [-0.2, 0) is 14.3 Å². The van der Waals surface area contributed by atoms with Gasteiger partial charge < -0.3 is 20.1 Å². The second-order valence-corrected chi connectivity index (χ2v) is 2.46. The molecular weight excluding hydrogens is 168 g/mol. The maximum absolute atomic E-state index is 10.6. The highest BCUT2D eigenvalue weighted by molar-refractivity contribution is 5.79. The van der Waals surface area contributed by atoms with Crippen LogP contribution in [0.1, 0.15) is 0 Å². The van der Waals surface area contributed by atoms with Crippen molar-refractivity contribution in [2.75, 3.05) is 0 Å². The first kappa shape index (κ1) is 9.11. The lowest BCUT2D eigenvalue weighted by molar-refractivity contribution is -0.200. The van der Waals surface area contributed by atoms with E-state index in [1.807, 2.05) is 0 Å². The fraction of sp³-hybridized carbons (Fsp3) is 0.667. The molecule has 0 amide bonds. The molecule has 0 saturated carbocycles. The molecule has 1 heterocycles.